The Morgan fingerprint density at radius 1 is 1.39 bits per heavy atom. The van der Waals surface area contributed by atoms with Crippen LogP contribution in [0, 0.1) is 5.92 Å². The molecule has 1 rings (SSSR count). The van der Waals surface area contributed by atoms with Gasteiger partial charge in [0, 0.05) is 11.6 Å². The molecule has 4 heteroatoms. The summed E-state index contributed by atoms with van der Waals surface area (Å²) in [6.07, 6.45) is 1.65. The van der Waals surface area contributed by atoms with E-state index in [2.05, 4.69) is 31.1 Å². The standard InChI is InChI=1S/C14H19ClN2O/c1-4-9-16-14(18)17-13(10(2)3)11-5-7-12(15)8-6-11/h4-8,10,13H,1,9H2,2-3H3,(H2,16,17,18). The molecule has 1 atom stereocenters. The lowest BCUT2D eigenvalue weighted by Crippen LogP contribution is -2.39. The van der Waals surface area contributed by atoms with E-state index < -0.39 is 0 Å². The summed E-state index contributed by atoms with van der Waals surface area (Å²) in [6.45, 7) is 8.14. The van der Waals surface area contributed by atoms with Gasteiger partial charge in [0.2, 0.25) is 0 Å². The Balaban J connectivity index is 2.74. The van der Waals surface area contributed by atoms with E-state index >= 15 is 0 Å². The van der Waals surface area contributed by atoms with E-state index in [0.29, 0.717) is 17.5 Å². The van der Waals surface area contributed by atoms with Crippen molar-refractivity contribution in [3.8, 4) is 0 Å². The fourth-order valence-electron chi connectivity index (χ4n) is 1.66. The highest BCUT2D eigenvalue weighted by Gasteiger charge is 2.17. The van der Waals surface area contributed by atoms with Crippen LogP contribution in [0.1, 0.15) is 25.5 Å². The fourth-order valence-corrected chi connectivity index (χ4v) is 1.79. The molecule has 0 heterocycles. The Morgan fingerprint density at radius 2 is 2.00 bits per heavy atom. The molecular weight excluding hydrogens is 248 g/mol. The van der Waals surface area contributed by atoms with E-state index in [0.717, 1.165) is 5.56 Å². The number of hydrogen-bond donors (Lipinski definition) is 2. The Morgan fingerprint density at radius 3 is 2.50 bits per heavy atom. The summed E-state index contributed by atoms with van der Waals surface area (Å²) in [5.74, 6) is 0.292. The lowest BCUT2D eigenvalue weighted by molar-refractivity contribution is 0.234. The van der Waals surface area contributed by atoms with Crippen molar-refractivity contribution in [3.63, 3.8) is 0 Å². The van der Waals surface area contributed by atoms with Gasteiger partial charge in [0.1, 0.15) is 0 Å². The monoisotopic (exact) mass is 266 g/mol. The van der Waals surface area contributed by atoms with E-state index in [9.17, 15) is 4.79 Å². The van der Waals surface area contributed by atoms with Gasteiger partial charge >= 0.3 is 6.03 Å². The van der Waals surface area contributed by atoms with Crippen LogP contribution in [0.4, 0.5) is 4.79 Å². The SMILES string of the molecule is C=CCNC(=O)NC(c1ccc(Cl)cc1)C(C)C. The van der Waals surface area contributed by atoms with Gasteiger partial charge in [0.05, 0.1) is 6.04 Å². The van der Waals surface area contributed by atoms with E-state index in [-0.39, 0.29) is 12.1 Å². The molecule has 0 bridgehead atoms. The summed E-state index contributed by atoms with van der Waals surface area (Å²) in [5.41, 5.74) is 1.04. The van der Waals surface area contributed by atoms with E-state index in [4.69, 9.17) is 11.6 Å². The predicted octanol–water partition coefficient (Wildman–Crippen LogP) is 3.52. The summed E-state index contributed by atoms with van der Waals surface area (Å²) in [5, 5.41) is 6.34. The Kier molecular flexibility index (Phi) is 5.72. The number of carbonyl (C=O) groups is 1. The highest BCUT2D eigenvalue weighted by Crippen LogP contribution is 2.23. The molecule has 0 aromatic heterocycles. The molecule has 0 aliphatic carbocycles. The molecule has 1 aromatic rings. The van der Waals surface area contributed by atoms with Crippen molar-refractivity contribution in [2.45, 2.75) is 19.9 Å². The molecule has 18 heavy (non-hydrogen) atoms. The molecular formula is C14H19ClN2O. The second-order valence-corrected chi connectivity index (χ2v) is 4.85. The van der Waals surface area contributed by atoms with Crippen molar-refractivity contribution >= 4 is 17.6 Å². The minimum Gasteiger partial charge on any atom is -0.335 e. The smallest absolute Gasteiger partial charge is 0.315 e. The molecule has 0 saturated carbocycles. The van der Waals surface area contributed by atoms with Crippen molar-refractivity contribution < 1.29 is 4.79 Å². The largest absolute Gasteiger partial charge is 0.335 e. The average molecular weight is 267 g/mol. The van der Waals surface area contributed by atoms with Gasteiger partial charge in [-0.2, -0.15) is 0 Å². The van der Waals surface area contributed by atoms with Crippen LogP contribution in [0.5, 0.6) is 0 Å². The van der Waals surface area contributed by atoms with Crippen molar-refractivity contribution in [2.75, 3.05) is 6.54 Å². The van der Waals surface area contributed by atoms with Crippen molar-refractivity contribution in [2.24, 2.45) is 5.92 Å². The normalized spacial score (nSPS) is 12.0. The van der Waals surface area contributed by atoms with E-state index in [1.54, 1.807) is 6.08 Å². The Bertz CT molecular complexity index is 401. The number of nitrogens with one attached hydrogen (secondary N) is 2. The third-order valence-electron chi connectivity index (χ3n) is 2.59. The van der Waals surface area contributed by atoms with Gasteiger partial charge in [-0.05, 0) is 23.6 Å². The second-order valence-electron chi connectivity index (χ2n) is 4.42. The molecule has 0 saturated heterocycles. The fraction of sp³-hybridized carbons (Fsp3) is 0.357. The van der Waals surface area contributed by atoms with Gasteiger partial charge in [-0.3, -0.25) is 0 Å². The van der Waals surface area contributed by atoms with Gasteiger partial charge in [0.25, 0.3) is 0 Å². The lowest BCUT2D eigenvalue weighted by Gasteiger charge is -2.23. The van der Waals surface area contributed by atoms with Crippen LogP contribution in [-0.2, 0) is 0 Å². The minimum atomic E-state index is -0.191. The molecule has 2 N–H and O–H groups in total. The first-order valence-corrected chi connectivity index (χ1v) is 6.33. The molecule has 1 aromatic carbocycles. The maximum absolute atomic E-state index is 11.7. The van der Waals surface area contributed by atoms with Gasteiger partial charge in [-0.15, -0.1) is 6.58 Å². The molecule has 0 fully saturated rings. The predicted molar refractivity (Wildman–Crippen MR) is 75.8 cm³/mol. The molecule has 0 spiro atoms. The van der Waals surface area contributed by atoms with Crippen LogP contribution >= 0.6 is 11.6 Å². The number of rotatable bonds is 5. The molecule has 98 valence electrons. The Hall–Kier alpha value is -1.48. The first kappa shape index (κ1) is 14.6. The summed E-state index contributed by atoms with van der Waals surface area (Å²) in [4.78, 5) is 11.7. The quantitative estimate of drug-likeness (QED) is 0.787. The van der Waals surface area contributed by atoms with E-state index in [1.165, 1.54) is 0 Å². The zero-order valence-corrected chi connectivity index (χ0v) is 11.5. The molecule has 0 aliphatic heterocycles. The zero-order chi connectivity index (χ0) is 13.5. The topological polar surface area (TPSA) is 41.1 Å². The van der Waals surface area contributed by atoms with Crippen LogP contribution in [0.3, 0.4) is 0 Å². The summed E-state index contributed by atoms with van der Waals surface area (Å²) >= 11 is 5.86. The minimum absolute atomic E-state index is 0.0351. The van der Waals surface area contributed by atoms with Crippen LogP contribution < -0.4 is 10.6 Å². The first-order chi connectivity index (χ1) is 8.54. The molecule has 1 unspecified atom stereocenters. The lowest BCUT2D eigenvalue weighted by atomic mass is 9.96. The third-order valence-corrected chi connectivity index (χ3v) is 2.84. The van der Waals surface area contributed by atoms with Crippen LogP contribution in [0.15, 0.2) is 36.9 Å². The second kappa shape index (κ2) is 7.07. The van der Waals surface area contributed by atoms with Gasteiger partial charge in [-0.25, -0.2) is 4.79 Å². The molecule has 2 amide bonds. The average Bonchev–Trinajstić information content (AvgIpc) is 2.34. The number of halogens is 1. The van der Waals surface area contributed by atoms with Crippen LogP contribution in [-0.4, -0.2) is 12.6 Å². The molecule has 0 radical (unpaired) electrons. The molecule has 0 aliphatic rings. The molecule has 3 nitrogen and oxygen atoms in total. The summed E-state index contributed by atoms with van der Waals surface area (Å²) in [7, 11) is 0. The first-order valence-electron chi connectivity index (χ1n) is 5.95. The van der Waals surface area contributed by atoms with Gasteiger partial charge in [0.15, 0.2) is 0 Å². The number of amides is 2. The van der Waals surface area contributed by atoms with Gasteiger partial charge in [-0.1, -0.05) is 43.7 Å². The number of hydrogen-bond acceptors (Lipinski definition) is 1. The van der Waals surface area contributed by atoms with Crippen molar-refractivity contribution in [3.05, 3.63) is 47.5 Å². The number of carbonyl (C=O) groups excluding carboxylic acids is 1. The summed E-state index contributed by atoms with van der Waals surface area (Å²) < 4.78 is 0. The maximum atomic E-state index is 11.7. The zero-order valence-electron chi connectivity index (χ0n) is 10.7. The Labute approximate surface area is 113 Å². The van der Waals surface area contributed by atoms with Crippen LogP contribution in [0.25, 0.3) is 0 Å². The summed E-state index contributed by atoms with van der Waals surface area (Å²) in [6, 6.07) is 7.29. The number of urea groups is 1. The van der Waals surface area contributed by atoms with E-state index in [1.807, 2.05) is 24.3 Å². The van der Waals surface area contributed by atoms with Crippen molar-refractivity contribution in [1.29, 1.82) is 0 Å². The van der Waals surface area contributed by atoms with Crippen LogP contribution in [0.2, 0.25) is 5.02 Å². The third kappa shape index (κ3) is 4.41. The highest BCUT2D eigenvalue weighted by molar-refractivity contribution is 6.30. The number of benzene rings is 1. The maximum Gasteiger partial charge on any atom is 0.315 e. The van der Waals surface area contributed by atoms with Gasteiger partial charge < -0.3 is 10.6 Å². The highest BCUT2D eigenvalue weighted by atomic mass is 35.5. The van der Waals surface area contributed by atoms with Crippen molar-refractivity contribution in [1.82, 2.24) is 10.6 Å².